The van der Waals surface area contributed by atoms with E-state index in [-0.39, 0.29) is 35.9 Å². The van der Waals surface area contributed by atoms with Gasteiger partial charge in [0.25, 0.3) is 0 Å². The minimum atomic E-state index is -1.17. The number of halogens is 1. The number of amides is 3. The van der Waals surface area contributed by atoms with Crippen molar-refractivity contribution in [1.82, 2.24) is 25.8 Å². The summed E-state index contributed by atoms with van der Waals surface area (Å²) < 4.78 is 18.5. The second-order valence-corrected chi connectivity index (χ2v) is 13.0. The van der Waals surface area contributed by atoms with Crippen LogP contribution in [0, 0.1) is 17.2 Å². The Labute approximate surface area is 254 Å². The van der Waals surface area contributed by atoms with Crippen LogP contribution in [-0.4, -0.2) is 98.0 Å². The highest BCUT2D eigenvalue weighted by atomic mass is 19.1. The molecule has 1 aromatic carbocycles. The van der Waals surface area contributed by atoms with Gasteiger partial charge in [-0.1, -0.05) is 31.4 Å². The summed E-state index contributed by atoms with van der Waals surface area (Å²) in [5.74, 6) is -1.33. The number of nitrogens with zero attached hydrogens (tertiary/aromatic N) is 2. The lowest BCUT2D eigenvalue weighted by molar-refractivity contribution is -0.154. The monoisotopic (exact) mass is 601 g/mol. The molecule has 238 valence electrons. The van der Waals surface area contributed by atoms with Crippen LogP contribution in [-0.2, 0) is 30.3 Å². The van der Waals surface area contributed by atoms with Crippen LogP contribution in [0.3, 0.4) is 0 Å². The van der Waals surface area contributed by atoms with Gasteiger partial charge in [0.2, 0.25) is 17.7 Å². The molecule has 3 N–H and O–H groups in total. The van der Waals surface area contributed by atoms with Crippen LogP contribution in [0.25, 0.3) is 0 Å². The minimum Gasteiger partial charge on any atom is -0.467 e. The van der Waals surface area contributed by atoms with E-state index in [9.17, 15) is 23.6 Å². The van der Waals surface area contributed by atoms with Crippen LogP contribution in [0.15, 0.2) is 24.3 Å². The fourth-order valence-corrected chi connectivity index (χ4v) is 6.94. The maximum Gasteiger partial charge on any atom is 0.330 e. The highest BCUT2D eigenvalue weighted by molar-refractivity contribution is 5.92. The van der Waals surface area contributed by atoms with Gasteiger partial charge in [-0.15, -0.1) is 0 Å². The van der Waals surface area contributed by atoms with Crippen molar-refractivity contribution in [3.63, 3.8) is 0 Å². The molecule has 0 spiro atoms. The molecule has 3 amide bonds. The molecule has 1 aromatic rings. The lowest BCUT2D eigenvalue weighted by Crippen LogP contribution is -2.62. The van der Waals surface area contributed by atoms with Crippen molar-refractivity contribution in [3.8, 4) is 0 Å². The van der Waals surface area contributed by atoms with E-state index >= 15 is 0 Å². The van der Waals surface area contributed by atoms with E-state index in [1.165, 1.54) is 19.2 Å². The van der Waals surface area contributed by atoms with Gasteiger partial charge in [0, 0.05) is 39.1 Å². The van der Waals surface area contributed by atoms with Gasteiger partial charge < -0.3 is 30.5 Å². The van der Waals surface area contributed by atoms with Gasteiger partial charge in [-0.05, 0) is 70.2 Å². The number of rotatable bonds is 9. The molecule has 43 heavy (non-hydrogen) atoms. The first-order valence-corrected chi connectivity index (χ1v) is 15.6. The fourth-order valence-electron chi connectivity index (χ4n) is 6.94. The van der Waals surface area contributed by atoms with E-state index in [0.717, 1.165) is 44.2 Å². The number of carbonyl (C=O) groups excluding carboxylic acids is 4. The standard InChI is InChI=1S/C32H48FN5O5/c1-31(2,30(42)43-4)36-29(41)32(23-8-6-5-7-9-23)14-17-38(18-15-32)28(40)25(20-22-10-12-24(33)13-11-22)35-27(39)26-21-37(3)19-16-34-26/h10-13,23,25-26,34H,5-9,14-21H2,1-4H3,(H,35,39)(H,36,41)/t25-,26+/m1/s1. The Hall–Kier alpha value is -3.05. The fraction of sp³-hybridized carbons (Fsp3) is 0.688. The third kappa shape index (κ3) is 7.92. The van der Waals surface area contributed by atoms with E-state index in [1.807, 2.05) is 7.05 Å². The zero-order valence-electron chi connectivity index (χ0n) is 26.0. The second-order valence-electron chi connectivity index (χ2n) is 13.0. The smallest absolute Gasteiger partial charge is 0.330 e. The molecule has 0 radical (unpaired) electrons. The quantitative estimate of drug-likeness (QED) is 0.371. The van der Waals surface area contributed by atoms with Crippen molar-refractivity contribution >= 4 is 23.7 Å². The first-order chi connectivity index (χ1) is 20.4. The zero-order chi connectivity index (χ0) is 31.2. The van der Waals surface area contributed by atoms with Crippen LogP contribution in [0.1, 0.15) is 64.4 Å². The van der Waals surface area contributed by atoms with Crippen LogP contribution in [0.5, 0.6) is 0 Å². The Balaban J connectivity index is 1.51. The van der Waals surface area contributed by atoms with Crippen LogP contribution < -0.4 is 16.0 Å². The summed E-state index contributed by atoms with van der Waals surface area (Å²) in [7, 11) is 3.26. The van der Waals surface area contributed by atoms with Gasteiger partial charge in [0.1, 0.15) is 17.4 Å². The lowest BCUT2D eigenvalue weighted by Gasteiger charge is -2.48. The van der Waals surface area contributed by atoms with Gasteiger partial charge in [0.15, 0.2) is 0 Å². The molecule has 11 heteroatoms. The Morgan fingerprint density at radius 1 is 1.07 bits per heavy atom. The number of nitrogens with one attached hydrogen (secondary N) is 3. The molecule has 4 rings (SSSR count). The number of methoxy groups -OCH3 is 1. The van der Waals surface area contributed by atoms with E-state index in [4.69, 9.17) is 4.74 Å². The molecule has 0 aromatic heterocycles. The third-order valence-corrected chi connectivity index (χ3v) is 9.59. The Morgan fingerprint density at radius 3 is 2.33 bits per heavy atom. The molecule has 1 aliphatic carbocycles. The van der Waals surface area contributed by atoms with Gasteiger partial charge in [0.05, 0.1) is 18.6 Å². The Bertz CT molecular complexity index is 1150. The van der Waals surface area contributed by atoms with E-state index < -0.39 is 29.0 Å². The summed E-state index contributed by atoms with van der Waals surface area (Å²) in [6.07, 6.45) is 6.29. The topological polar surface area (TPSA) is 120 Å². The molecule has 3 fully saturated rings. The summed E-state index contributed by atoms with van der Waals surface area (Å²) in [6.45, 7) is 6.06. The number of piperazine rings is 1. The van der Waals surface area contributed by atoms with Crippen LogP contribution >= 0.6 is 0 Å². The van der Waals surface area contributed by atoms with Crippen LogP contribution in [0.4, 0.5) is 4.39 Å². The SMILES string of the molecule is COC(=O)C(C)(C)NC(=O)C1(C2CCCCC2)CCN(C(=O)[C@@H](Cc2ccc(F)cc2)NC(=O)[C@@H]2CN(C)CCN2)CC1. The predicted molar refractivity (Wildman–Crippen MR) is 160 cm³/mol. The molecule has 2 atom stereocenters. The summed E-state index contributed by atoms with van der Waals surface area (Å²) in [5, 5.41) is 9.18. The largest absolute Gasteiger partial charge is 0.467 e. The predicted octanol–water partition coefficient (Wildman–Crippen LogP) is 2.01. The normalized spacial score (nSPS) is 22.3. The van der Waals surface area contributed by atoms with Gasteiger partial charge in [-0.2, -0.15) is 0 Å². The van der Waals surface area contributed by atoms with Crippen molar-refractivity contribution in [1.29, 1.82) is 0 Å². The third-order valence-electron chi connectivity index (χ3n) is 9.59. The second kappa shape index (κ2) is 14.2. The molecule has 2 aliphatic heterocycles. The number of likely N-dealkylation sites (tertiary alicyclic amines) is 1. The summed E-state index contributed by atoms with van der Waals surface area (Å²) in [4.78, 5) is 57.4. The molecule has 2 heterocycles. The molecule has 0 bridgehead atoms. The number of esters is 1. The number of carbonyl (C=O) groups is 4. The van der Waals surface area contributed by atoms with E-state index in [0.29, 0.717) is 39.0 Å². The average molecular weight is 602 g/mol. The lowest BCUT2D eigenvalue weighted by atomic mass is 9.63. The number of hydrogen-bond acceptors (Lipinski definition) is 7. The zero-order valence-corrected chi connectivity index (χ0v) is 26.0. The Kier molecular flexibility index (Phi) is 10.8. The van der Waals surface area contributed by atoms with E-state index in [1.54, 1.807) is 30.9 Å². The number of benzene rings is 1. The highest BCUT2D eigenvalue weighted by Crippen LogP contribution is 2.46. The molecular formula is C32H48FN5O5. The van der Waals surface area contributed by atoms with Crippen LogP contribution in [0.2, 0.25) is 0 Å². The molecule has 3 aliphatic rings. The van der Waals surface area contributed by atoms with Crippen molar-refractivity contribution in [2.24, 2.45) is 11.3 Å². The van der Waals surface area contributed by atoms with E-state index in [2.05, 4.69) is 20.9 Å². The number of piperidine rings is 1. The minimum absolute atomic E-state index is 0.162. The summed E-state index contributed by atoms with van der Waals surface area (Å²) in [5.41, 5.74) is -1.13. The van der Waals surface area contributed by atoms with Gasteiger partial charge in [-0.3, -0.25) is 14.4 Å². The number of ether oxygens (including phenoxy) is 1. The van der Waals surface area contributed by atoms with Gasteiger partial charge >= 0.3 is 5.97 Å². The van der Waals surface area contributed by atoms with Crippen molar-refractivity contribution < 1.29 is 28.3 Å². The maximum atomic E-state index is 14.0. The van der Waals surface area contributed by atoms with Crippen molar-refractivity contribution in [2.75, 3.05) is 46.9 Å². The first-order valence-electron chi connectivity index (χ1n) is 15.6. The Morgan fingerprint density at radius 2 is 1.72 bits per heavy atom. The summed E-state index contributed by atoms with van der Waals surface area (Å²) >= 11 is 0. The number of hydrogen-bond donors (Lipinski definition) is 3. The van der Waals surface area contributed by atoms with Gasteiger partial charge in [-0.25, -0.2) is 9.18 Å². The molecule has 10 nitrogen and oxygen atoms in total. The maximum absolute atomic E-state index is 14.0. The molecule has 0 unspecified atom stereocenters. The van der Waals surface area contributed by atoms with Crippen molar-refractivity contribution in [3.05, 3.63) is 35.6 Å². The molecule has 1 saturated carbocycles. The molecule has 2 saturated heterocycles. The molecular weight excluding hydrogens is 553 g/mol. The number of likely N-dealkylation sites (N-methyl/N-ethyl adjacent to an activating group) is 1. The van der Waals surface area contributed by atoms with Crippen molar-refractivity contribution in [2.45, 2.75) is 82.8 Å². The average Bonchev–Trinajstić information content (AvgIpc) is 3.01. The highest BCUT2D eigenvalue weighted by Gasteiger charge is 2.50. The summed E-state index contributed by atoms with van der Waals surface area (Å²) in [6, 6.07) is 4.69. The first kappa shape index (κ1) is 32.9.